The summed E-state index contributed by atoms with van der Waals surface area (Å²) in [6.45, 7) is 4.41. The molecule has 0 spiro atoms. The van der Waals surface area contributed by atoms with Gasteiger partial charge in [0.25, 0.3) is 0 Å². The molecule has 0 fully saturated rings. The lowest BCUT2D eigenvalue weighted by Crippen LogP contribution is -2.08. The fraction of sp³-hybridized carbons (Fsp3) is 0.923. The van der Waals surface area contributed by atoms with Crippen molar-refractivity contribution >= 4 is 17.7 Å². The van der Waals surface area contributed by atoms with Gasteiger partial charge in [0.2, 0.25) is 0 Å². The normalized spacial score (nSPS) is 10.9. The quantitative estimate of drug-likeness (QED) is 0.551. The van der Waals surface area contributed by atoms with Crippen molar-refractivity contribution < 1.29 is 9.90 Å². The van der Waals surface area contributed by atoms with Gasteiger partial charge in [-0.25, -0.2) is 0 Å². The Bertz CT molecular complexity index is 161. The first-order valence-corrected chi connectivity index (χ1v) is 7.59. The van der Waals surface area contributed by atoms with E-state index in [1.165, 1.54) is 51.4 Å². The Morgan fingerprint density at radius 3 is 1.94 bits per heavy atom. The first-order chi connectivity index (χ1) is 7.70. The molecule has 0 aliphatic rings. The number of carbonyl (C=O) groups is 1. The average molecular weight is 246 g/mol. The lowest BCUT2D eigenvalue weighted by Gasteiger charge is -2.15. The van der Waals surface area contributed by atoms with Crippen LogP contribution in [0.15, 0.2) is 0 Å². The molecule has 1 N–H and O–H groups in total. The summed E-state index contributed by atoms with van der Waals surface area (Å²) in [7, 11) is 0. The van der Waals surface area contributed by atoms with Gasteiger partial charge in [-0.2, -0.15) is 0 Å². The maximum atomic E-state index is 10.5. The van der Waals surface area contributed by atoms with Crippen LogP contribution in [0.2, 0.25) is 0 Å². The minimum absolute atomic E-state index is 0.267. The summed E-state index contributed by atoms with van der Waals surface area (Å²) in [6, 6.07) is 0. The van der Waals surface area contributed by atoms with Gasteiger partial charge in [0.1, 0.15) is 0 Å². The predicted molar refractivity (Wildman–Crippen MR) is 72.2 cm³/mol. The Morgan fingerprint density at radius 2 is 1.56 bits per heavy atom. The van der Waals surface area contributed by atoms with E-state index in [0.717, 1.165) is 0 Å². The Hall–Kier alpha value is -0.180. The number of carboxylic acid groups (broad SMARTS) is 1. The minimum atomic E-state index is -0.680. The van der Waals surface area contributed by atoms with Crippen LogP contribution in [-0.2, 0) is 4.79 Å². The first-order valence-electron chi connectivity index (χ1n) is 6.54. The van der Waals surface area contributed by atoms with Crippen LogP contribution in [0.4, 0.5) is 0 Å². The predicted octanol–water partition coefficient (Wildman–Crippen LogP) is 4.33. The molecule has 0 heterocycles. The highest BCUT2D eigenvalue weighted by molar-refractivity contribution is 8.00. The molecule has 0 unspecified atom stereocenters. The zero-order valence-electron chi connectivity index (χ0n) is 10.7. The fourth-order valence-electron chi connectivity index (χ4n) is 1.74. The third-order valence-corrected chi connectivity index (χ3v) is 4.06. The van der Waals surface area contributed by atoms with E-state index >= 15 is 0 Å². The van der Waals surface area contributed by atoms with Gasteiger partial charge in [-0.3, -0.25) is 4.79 Å². The highest BCUT2D eigenvalue weighted by atomic mass is 32.2. The molecule has 0 aromatic rings. The van der Waals surface area contributed by atoms with Crippen molar-refractivity contribution in [3.05, 3.63) is 0 Å². The van der Waals surface area contributed by atoms with Crippen molar-refractivity contribution in [2.24, 2.45) is 0 Å². The van der Waals surface area contributed by atoms with Crippen LogP contribution in [0, 0.1) is 0 Å². The summed E-state index contributed by atoms with van der Waals surface area (Å²) >= 11 is 1.63. The number of hydrogen-bond donors (Lipinski definition) is 1. The van der Waals surface area contributed by atoms with Crippen molar-refractivity contribution in [1.82, 2.24) is 0 Å². The molecule has 0 aromatic heterocycles. The van der Waals surface area contributed by atoms with Gasteiger partial charge in [0.15, 0.2) is 0 Å². The zero-order valence-corrected chi connectivity index (χ0v) is 11.5. The summed E-state index contributed by atoms with van der Waals surface area (Å²) in [5.74, 6) is -0.413. The molecule has 2 nitrogen and oxygen atoms in total. The van der Waals surface area contributed by atoms with Gasteiger partial charge in [-0.15, -0.1) is 11.8 Å². The second-order valence-corrected chi connectivity index (χ2v) is 5.61. The molecule has 0 aromatic carbocycles. The highest BCUT2D eigenvalue weighted by Crippen LogP contribution is 2.23. The smallest absolute Gasteiger partial charge is 0.313 e. The molecule has 16 heavy (non-hydrogen) atoms. The van der Waals surface area contributed by atoms with Crippen molar-refractivity contribution in [1.29, 1.82) is 0 Å². The molecule has 0 atom stereocenters. The number of aliphatic carboxylic acids is 1. The van der Waals surface area contributed by atoms with Gasteiger partial charge < -0.3 is 5.11 Å². The number of rotatable bonds is 11. The summed E-state index contributed by atoms with van der Waals surface area (Å²) in [4.78, 5) is 10.5. The second-order valence-electron chi connectivity index (χ2n) is 4.32. The second kappa shape index (κ2) is 11.3. The van der Waals surface area contributed by atoms with Gasteiger partial charge in [0.05, 0.1) is 5.75 Å². The Morgan fingerprint density at radius 1 is 1.06 bits per heavy atom. The van der Waals surface area contributed by atoms with Crippen molar-refractivity contribution in [2.45, 2.75) is 70.5 Å². The number of hydrogen-bond acceptors (Lipinski definition) is 2. The van der Waals surface area contributed by atoms with Gasteiger partial charge in [-0.1, -0.05) is 52.4 Å². The zero-order chi connectivity index (χ0) is 12.2. The van der Waals surface area contributed by atoms with Crippen LogP contribution in [0.3, 0.4) is 0 Å². The topological polar surface area (TPSA) is 37.3 Å². The maximum Gasteiger partial charge on any atom is 0.313 e. The molecule has 0 aliphatic heterocycles. The monoisotopic (exact) mass is 246 g/mol. The number of thioether (sulfide) groups is 1. The van der Waals surface area contributed by atoms with E-state index in [2.05, 4.69) is 13.8 Å². The standard InChI is InChI=1S/C13H26O2S/c1-3-5-7-9-12(10-8-6-4-2)16-11-13(14)15/h12H,3-11H2,1-2H3,(H,14,15). The summed E-state index contributed by atoms with van der Waals surface area (Å²) in [6.07, 6.45) is 9.91. The summed E-state index contributed by atoms with van der Waals surface area (Å²) in [5.41, 5.74) is 0. The van der Waals surface area contributed by atoms with E-state index in [9.17, 15) is 4.79 Å². The Balaban J connectivity index is 3.71. The van der Waals surface area contributed by atoms with Crippen molar-refractivity contribution in [3.63, 3.8) is 0 Å². The summed E-state index contributed by atoms with van der Waals surface area (Å²) < 4.78 is 0. The molecule has 0 saturated carbocycles. The number of unbranched alkanes of at least 4 members (excludes halogenated alkanes) is 4. The molecule has 0 radical (unpaired) electrons. The van der Waals surface area contributed by atoms with Gasteiger partial charge in [0, 0.05) is 5.25 Å². The van der Waals surface area contributed by atoms with E-state index in [4.69, 9.17) is 5.11 Å². The molecular weight excluding hydrogens is 220 g/mol. The lowest BCUT2D eigenvalue weighted by molar-refractivity contribution is -0.133. The third-order valence-electron chi connectivity index (χ3n) is 2.70. The largest absolute Gasteiger partial charge is 0.481 e. The van der Waals surface area contributed by atoms with Crippen LogP contribution in [-0.4, -0.2) is 22.1 Å². The molecule has 0 rings (SSSR count). The van der Waals surface area contributed by atoms with Crippen LogP contribution in [0.5, 0.6) is 0 Å². The molecule has 0 saturated heterocycles. The van der Waals surface area contributed by atoms with E-state index in [1.54, 1.807) is 11.8 Å². The SMILES string of the molecule is CCCCCC(CCCCC)SCC(=O)O. The van der Waals surface area contributed by atoms with Gasteiger partial charge >= 0.3 is 5.97 Å². The van der Waals surface area contributed by atoms with E-state index in [1.807, 2.05) is 0 Å². The van der Waals surface area contributed by atoms with Gasteiger partial charge in [-0.05, 0) is 12.8 Å². The van der Waals surface area contributed by atoms with Crippen molar-refractivity contribution in [3.8, 4) is 0 Å². The Kier molecular flexibility index (Phi) is 11.2. The van der Waals surface area contributed by atoms with Crippen LogP contribution < -0.4 is 0 Å². The number of carboxylic acids is 1. The van der Waals surface area contributed by atoms with Crippen LogP contribution >= 0.6 is 11.8 Å². The molecule has 0 aliphatic carbocycles. The summed E-state index contributed by atoms with van der Waals surface area (Å²) in [5, 5.41) is 9.25. The first kappa shape index (κ1) is 15.8. The minimum Gasteiger partial charge on any atom is -0.481 e. The average Bonchev–Trinajstić information content (AvgIpc) is 2.25. The maximum absolute atomic E-state index is 10.5. The highest BCUT2D eigenvalue weighted by Gasteiger charge is 2.10. The van der Waals surface area contributed by atoms with Crippen LogP contribution in [0.25, 0.3) is 0 Å². The van der Waals surface area contributed by atoms with Crippen LogP contribution in [0.1, 0.15) is 65.2 Å². The lowest BCUT2D eigenvalue weighted by atomic mass is 10.1. The molecule has 0 amide bonds. The fourth-order valence-corrected chi connectivity index (χ4v) is 2.79. The van der Waals surface area contributed by atoms with E-state index < -0.39 is 5.97 Å². The van der Waals surface area contributed by atoms with Crippen molar-refractivity contribution in [2.75, 3.05) is 5.75 Å². The third kappa shape index (κ3) is 10.3. The van der Waals surface area contributed by atoms with E-state index in [0.29, 0.717) is 5.25 Å². The molecule has 3 heteroatoms. The molecule has 96 valence electrons. The Labute approximate surface area is 104 Å². The molecular formula is C13H26O2S. The van der Waals surface area contributed by atoms with E-state index in [-0.39, 0.29) is 5.75 Å². The molecule has 0 bridgehead atoms.